The summed E-state index contributed by atoms with van der Waals surface area (Å²) in [6.45, 7) is 3.69. The molecule has 2 saturated carbocycles. The van der Waals surface area contributed by atoms with E-state index in [1.165, 1.54) is 31.2 Å². The Bertz CT molecular complexity index is 603. The van der Waals surface area contributed by atoms with Crippen molar-refractivity contribution in [1.29, 1.82) is 0 Å². The normalized spacial score (nSPS) is 39.2. The highest BCUT2D eigenvalue weighted by Crippen LogP contribution is 2.62. The highest BCUT2D eigenvalue weighted by atomic mass is 16.5. The van der Waals surface area contributed by atoms with Crippen molar-refractivity contribution in [3.8, 4) is 0 Å². The van der Waals surface area contributed by atoms with Crippen LogP contribution in [0, 0.1) is 11.3 Å². The summed E-state index contributed by atoms with van der Waals surface area (Å²) in [7, 11) is 0. The van der Waals surface area contributed by atoms with Gasteiger partial charge in [0.15, 0.2) is 0 Å². The van der Waals surface area contributed by atoms with Crippen LogP contribution in [0.5, 0.6) is 0 Å². The molecule has 4 nitrogen and oxygen atoms in total. The summed E-state index contributed by atoms with van der Waals surface area (Å²) in [5.74, 6) is 0.731. The molecule has 0 radical (unpaired) electrons. The van der Waals surface area contributed by atoms with Crippen LogP contribution in [0.25, 0.3) is 0 Å². The molecule has 0 bridgehead atoms. The van der Waals surface area contributed by atoms with Gasteiger partial charge < -0.3 is 15.2 Å². The minimum Gasteiger partial charge on any atom is -0.392 e. The molecule has 5 atom stereocenters. The first kappa shape index (κ1) is 16.2. The second-order valence-electron chi connectivity index (χ2n) is 8.67. The topological polar surface area (TPSA) is 44.7 Å². The first-order chi connectivity index (χ1) is 12.3. The van der Waals surface area contributed by atoms with Gasteiger partial charge in [-0.05, 0) is 31.2 Å². The molecule has 5 rings (SSSR count). The van der Waals surface area contributed by atoms with E-state index in [2.05, 4.69) is 40.5 Å². The Labute approximate surface area is 150 Å². The summed E-state index contributed by atoms with van der Waals surface area (Å²) < 4.78 is 6.04. The van der Waals surface area contributed by atoms with Crippen LogP contribution in [0.3, 0.4) is 0 Å². The lowest BCUT2D eigenvalue weighted by atomic mass is 9.46. The number of hydrogen-bond acceptors (Lipinski definition) is 4. The number of likely N-dealkylation sites (tertiary alicyclic amines) is 1. The highest BCUT2D eigenvalue weighted by Gasteiger charge is 2.66. The third-order valence-electron chi connectivity index (χ3n) is 7.34. The van der Waals surface area contributed by atoms with Gasteiger partial charge in [0.25, 0.3) is 0 Å². The van der Waals surface area contributed by atoms with Crippen LogP contribution in [0.15, 0.2) is 30.3 Å². The molecule has 4 aliphatic rings. The van der Waals surface area contributed by atoms with Crippen LogP contribution in [-0.4, -0.2) is 54.0 Å². The summed E-state index contributed by atoms with van der Waals surface area (Å²) >= 11 is 0. The zero-order valence-corrected chi connectivity index (χ0v) is 14.9. The number of ether oxygens (including phenoxy) is 1. The van der Waals surface area contributed by atoms with Crippen LogP contribution in [0.4, 0.5) is 0 Å². The predicted molar refractivity (Wildman–Crippen MR) is 97.2 cm³/mol. The van der Waals surface area contributed by atoms with Gasteiger partial charge in [0, 0.05) is 49.7 Å². The van der Waals surface area contributed by atoms with Crippen molar-refractivity contribution in [3.05, 3.63) is 35.9 Å². The van der Waals surface area contributed by atoms with Crippen molar-refractivity contribution in [1.82, 2.24) is 10.2 Å². The second-order valence-corrected chi connectivity index (χ2v) is 8.67. The van der Waals surface area contributed by atoms with E-state index in [1.807, 2.05) is 0 Å². The monoisotopic (exact) mass is 342 g/mol. The van der Waals surface area contributed by atoms with Crippen LogP contribution < -0.4 is 5.32 Å². The number of aliphatic hydroxyl groups is 1. The van der Waals surface area contributed by atoms with Gasteiger partial charge in [-0.1, -0.05) is 36.8 Å². The summed E-state index contributed by atoms with van der Waals surface area (Å²) in [4.78, 5) is 2.46. The molecule has 0 amide bonds. The lowest BCUT2D eigenvalue weighted by molar-refractivity contribution is -0.176. The molecule has 0 aromatic heterocycles. The van der Waals surface area contributed by atoms with E-state index >= 15 is 0 Å². The van der Waals surface area contributed by atoms with Crippen molar-refractivity contribution in [2.75, 3.05) is 19.7 Å². The summed E-state index contributed by atoms with van der Waals surface area (Å²) in [5.41, 5.74) is 1.79. The molecular weight excluding hydrogens is 312 g/mol. The SMILES string of the molecule is O[C@@H]1C[C@H](CN[C@@H]2[C@@H]3CCO[C@@H]3C23CCC3)N(Cc2ccccc2)C1. The molecule has 2 heterocycles. The van der Waals surface area contributed by atoms with Crippen molar-refractivity contribution in [3.63, 3.8) is 0 Å². The molecular formula is C21H30N2O2. The molecule has 0 unspecified atom stereocenters. The van der Waals surface area contributed by atoms with Crippen molar-refractivity contribution >= 4 is 0 Å². The summed E-state index contributed by atoms with van der Waals surface area (Å²) in [6, 6.07) is 11.7. The fraction of sp³-hybridized carbons (Fsp3) is 0.714. The maximum Gasteiger partial charge on any atom is 0.0690 e. The Morgan fingerprint density at radius 3 is 2.84 bits per heavy atom. The van der Waals surface area contributed by atoms with Gasteiger partial charge in [-0.25, -0.2) is 0 Å². The van der Waals surface area contributed by atoms with E-state index in [1.54, 1.807) is 0 Å². The van der Waals surface area contributed by atoms with Crippen LogP contribution >= 0.6 is 0 Å². The van der Waals surface area contributed by atoms with E-state index in [9.17, 15) is 5.11 Å². The van der Waals surface area contributed by atoms with E-state index < -0.39 is 0 Å². The Morgan fingerprint density at radius 2 is 2.08 bits per heavy atom. The van der Waals surface area contributed by atoms with E-state index in [4.69, 9.17) is 4.74 Å². The number of β-amino-alcohol motifs (C(OH)–C–C–N with tert-alkyl or cyclic N) is 1. The van der Waals surface area contributed by atoms with E-state index in [0.29, 0.717) is 23.6 Å². The number of rotatable bonds is 5. The van der Waals surface area contributed by atoms with Gasteiger partial charge in [0.1, 0.15) is 0 Å². The smallest absolute Gasteiger partial charge is 0.0690 e. The van der Waals surface area contributed by atoms with Gasteiger partial charge in [0.2, 0.25) is 0 Å². The number of fused-ring (bicyclic) bond motifs is 2. The van der Waals surface area contributed by atoms with Crippen LogP contribution in [0.1, 0.15) is 37.7 Å². The average molecular weight is 342 g/mol. The molecule has 1 spiro atoms. The first-order valence-electron chi connectivity index (χ1n) is 10.1. The molecule has 4 heteroatoms. The third-order valence-corrected chi connectivity index (χ3v) is 7.34. The quantitative estimate of drug-likeness (QED) is 0.861. The molecule has 1 aromatic rings. The average Bonchev–Trinajstić information content (AvgIpc) is 3.12. The van der Waals surface area contributed by atoms with E-state index in [0.717, 1.165) is 38.6 Å². The number of aliphatic hydroxyl groups excluding tert-OH is 1. The van der Waals surface area contributed by atoms with Gasteiger partial charge in [-0.15, -0.1) is 0 Å². The molecule has 2 N–H and O–H groups in total. The van der Waals surface area contributed by atoms with Gasteiger partial charge >= 0.3 is 0 Å². The van der Waals surface area contributed by atoms with Crippen molar-refractivity contribution < 1.29 is 9.84 Å². The van der Waals surface area contributed by atoms with Gasteiger partial charge in [0.05, 0.1) is 12.2 Å². The number of hydrogen-bond donors (Lipinski definition) is 2. The Kier molecular flexibility index (Phi) is 4.12. The fourth-order valence-electron chi connectivity index (χ4n) is 6.00. The lowest BCUT2D eigenvalue weighted by Crippen LogP contribution is -2.71. The number of nitrogens with one attached hydrogen (secondary N) is 1. The number of nitrogens with zero attached hydrogens (tertiary/aromatic N) is 1. The first-order valence-corrected chi connectivity index (χ1v) is 10.1. The zero-order chi connectivity index (χ0) is 16.9. The molecule has 2 aliphatic heterocycles. The maximum absolute atomic E-state index is 10.2. The summed E-state index contributed by atoms with van der Waals surface area (Å²) in [5, 5.41) is 14.1. The minimum absolute atomic E-state index is 0.183. The maximum atomic E-state index is 10.2. The van der Waals surface area contributed by atoms with Crippen LogP contribution in [0.2, 0.25) is 0 Å². The molecule has 4 fully saturated rings. The largest absolute Gasteiger partial charge is 0.392 e. The highest BCUT2D eigenvalue weighted by molar-refractivity contribution is 5.19. The Morgan fingerprint density at radius 1 is 1.24 bits per heavy atom. The second kappa shape index (κ2) is 6.34. The molecule has 1 aromatic carbocycles. The molecule has 25 heavy (non-hydrogen) atoms. The fourth-order valence-corrected chi connectivity index (χ4v) is 6.00. The lowest BCUT2D eigenvalue weighted by Gasteiger charge is -2.63. The van der Waals surface area contributed by atoms with Gasteiger partial charge in [-0.3, -0.25) is 4.90 Å². The third kappa shape index (κ3) is 2.66. The van der Waals surface area contributed by atoms with E-state index in [-0.39, 0.29) is 6.10 Å². The molecule has 2 saturated heterocycles. The zero-order valence-electron chi connectivity index (χ0n) is 14.9. The van der Waals surface area contributed by atoms with Crippen LogP contribution in [-0.2, 0) is 11.3 Å². The predicted octanol–water partition coefficient (Wildman–Crippen LogP) is 2.17. The minimum atomic E-state index is -0.183. The molecule has 2 aliphatic carbocycles. The number of benzene rings is 1. The van der Waals surface area contributed by atoms with Crippen molar-refractivity contribution in [2.24, 2.45) is 11.3 Å². The Hall–Kier alpha value is -0.940. The standard InChI is InChI=1S/C21H30N2O2/c24-17-11-16(23(14-17)13-15-5-2-1-3-6-15)12-22-19-18-7-10-25-20(18)21(19)8-4-9-21/h1-3,5-6,16-20,22,24H,4,7-14H2/t16-,17-,18+,19-,20+/m1/s1. The summed E-state index contributed by atoms with van der Waals surface area (Å²) in [6.07, 6.45) is 6.52. The Balaban J connectivity index is 1.22. The van der Waals surface area contributed by atoms with Gasteiger partial charge in [-0.2, -0.15) is 0 Å². The molecule has 136 valence electrons. The van der Waals surface area contributed by atoms with Crippen molar-refractivity contribution in [2.45, 2.75) is 62.9 Å².